The first-order valence-electron chi connectivity index (χ1n) is 7.65. The summed E-state index contributed by atoms with van der Waals surface area (Å²) >= 11 is 6.16. The first-order valence-corrected chi connectivity index (χ1v) is 8.03. The average Bonchev–Trinajstić information content (AvgIpc) is 2.49. The van der Waals surface area contributed by atoms with E-state index in [9.17, 15) is 4.79 Å². The second-order valence-corrected chi connectivity index (χ2v) is 6.07. The maximum absolute atomic E-state index is 11.5. The zero-order valence-corrected chi connectivity index (χ0v) is 13.3. The molecule has 1 amide bonds. The highest BCUT2D eigenvalue weighted by Gasteiger charge is 2.25. The molecule has 1 saturated heterocycles. The van der Waals surface area contributed by atoms with E-state index in [-0.39, 0.29) is 11.8 Å². The summed E-state index contributed by atoms with van der Waals surface area (Å²) < 4.78 is 0. The number of hydrogen-bond donors (Lipinski definition) is 2. The van der Waals surface area contributed by atoms with Gasteiger partial charge in [-0.25, -0.2) is 0 Å². The Morgan fingerprint density at radius 2 is 2.33 bits per heavy atom. The summed E-state index contributed by atoms with van der Waals surface area (Å²) in [6.07, 6.45) is 2.98. The molecule has 21 heavy (non-hydrogen) atoms. The highest BCUT2D eigenvalue weighted by Crippen LogP contribution is 2.29. The van der Waals surface area contributed by atoms with Crippen molar-refractivity contribution < 1.29 is 4.79 Å². The van der Waals surface area contributed by atoms with Gasteiger partial charge in [0.05, 0.1) is 5.92 Å². The Kier molecular flexibility index (Phi) is 5.88. The van der Waals surface area contributed by atoms with Gasteiger partial charge in [-0.15, -0.1) is 0 Å². The Bertz CT molecular complexity index is 492. The Labute approximate surface area is 131 Å². The van der Waals surface area contributed by atoms with Crippen molar-refractivity contribution in [1.29, 1.82) is 0 Å². The number of carbonyl (C=O) groups excluding carboxylic acids is 1. The van der Waals surface area contributed by atoms with Crippen LogP contribution in [-0.4, -0.2) is 25.5 Å². The van der Waals surface area contributed by atoms with Gasteiger partial charge in [-0.1, -0.05) is 24.6 Å². The molecule has 0 aliphatic carbocycles. The average molecular weight is 310 g/mol. The number of carbonyl (C=O) groups is 1. The summed E-state index contributed by atoms with van der Waals surface area (Å²) in [4.78, 5) is 13.7. The van der Waals surface area contributed by atoms with Gasteiger partial charge in [-0.3, -0.25) is 4.79 Å². The zero-order chi connectivity index (χ0) is 15.2. The topological polar surface area (TPSA) is 58.4 Å². The lowest BCUT2D eigenvalue weighted by molar-refractivity contribution is -0.122. The molecule has 1 aliphatic heterocycles. The second-order valence-electron chi connectivity index (χ2n) is 5.64. The van der Waals surface area contributed by atoms with Gasteiger partial charge in [0.1, 0.15) is 0 Å². The molecule has 1 unspecified atom stereocenters. The van der Waals surface area contributed by atoms with Crippen LogP contribution in [0.25, 0.3) is 0 Å². The van der Waals surface area contributed by atoms with Crippen LogP contribution in [0.3, 0.4) is 0 Å². The van der Waals surface area contributed by atoms with Crippen molar-refractivity contribution in [2.45, 2.75) is 32.7 Å². The van der Waals surface area contributed by atoms with Crippen molar-refractivity contribution in [2.24, 2.45) is 11.7 Å². The largest absolute Gasteiger partial charge is 0.370 e. The lowest BCUT2D eigenvalue weighted by Crippen LogP contribution is -2.41. The van der Waals surface area contributed by atoms with Gasteiger partial charge in [0, 0.05) is 30.3 Å². The first-order chi connectivity index (χ1) is 10.1. The van der Waals surface area contributed by atoms with Gasteiger partial charge >= 0.3 is 0 Å². The number of nitrogens with two attached hydrogens (primary N) is 1. The van der Waals surface area contributed by atoms with E-state index in [4.69, 9.17) is 17.3 Å². The van der Waals surface area contributed by atoms with E-state index in [0.717, 1.165) is 49.6 Å². The molecule has 2 rings (SSSR count). The molecule has 1 aromatic carbocycles. The van der Waals surface area contributed by atoms with Crippen molar-refractivity contribution in [1.82, 2.24) is 5.32 Å². The lowest BCUT2D eigenvalue weighted by Gasteiger charge is -2.34. The maximum atomic E-state index is 11.5. The monoisotopic (exact) mass is 309 g/mol. The van der Waals surface area contributed by atoms with Gasteiger partial charge < -0.3 is 16.0 Å². The van der Waals surface area contributed by atoms with E-state index in [1.165, 1.54) is 5.56 Å². The number of piperidine rings is 1. The predicted molar refractivity (Wildman–Crippen MR) is 87.6 cm³/mol. The van der Waals surface area contributed by atoms with E-state index >= 15 is 0 Å². The molecule has 0 spiro atoms. The number of nitrogens with zero attached hydrogens (tertiary/aromatic N) is 1. The van der Waals surface area contributed by atoms with Crippen molar-refractivity contribution >= 4 is 23.2 Å². The highest BCUT2D eigenvalue weighted by atomic mass is 35.5. The minimum Gasteiger partial charge on any atom is -0.370 e. The van der Waals surface area contributed by atoms with Crippen LogP contribution < -0.4 is 16.0 Å². The molecular weight excluding hydrogens is 286 g/mol. The van der Waals surface area contributed by atoms with E-state index in [1.54, 1.807) is 0 Å². The van der Waals surface area contributed by atoms with Crippen LogP contribution in [0.5, 0.6) is 0 Å². The van der Waals surface area contributed by atoms with Crippen molar-refractivity contribution in [3.05, 3.63) is 28.8 Å². The summed E-state index contributed by atoms with van der Waals surface area (Å²) in [6.45, 7) is 5.60. The Morgan fingerprint density at radius 3 is 3.05 bits per heavy atom. The van der Waals surface area contributed by atoms with Crippen LogP contribution in [-0.2, 0) is 11.3 Å². The van der Waals surface area contributed by atoms with Gasteiger partial charge in [-0.05, 0) is 43.5 Å². The number of halogens is 1. The number of anilines is 1. The second kappa shape index (κ2) is 7.66. The fourth-order valence-electron chi connectivity index (χ4n) is 2.81. The van der Waals surface area contributed by atoms with E-state index in [0.29, 0.717) is 6.54 Å². The molecule has 116 valence electrons. The van der Waals surface area contributed by atoms with Crippen molar-refractivity contribution in [2.75, 3.05) is 24.5 Å². The predicted octanol–water partition coefficient (Wildman–Crippen LogP) is 2.54. The van der Waals surface area contributed by atoms with Crippen molar-refractivity contribution in [3.8, 4) is 0 Å². The Hall–Kier alpha value is -1.26. The number of benzene rings is 1. The van der Waals surface area contributed by atoms with Crippen LogP contribution in [0, 0.1) is 5.92 Å². The molecule has 5 heteroatoms. The number of rotatable bonds is 6. The minimum atomic E-state index is -0.201. The summed E-state index contributed by atoms with van der Waals surface area (Å²) in [5.74, 6) is -0.262. The van der Waals surface area contributed by atoms with Crippen LogP contribution in [0.2, 0.25) is 5.02 Å². The standard InChI is InChI=1S/C16H24ClN3O/c1-2-7-19-10-12-5-6-14(17)9-15(12)20-8-3-4-13(11-20)16(18)21/h5-6,9,13,19H,2-4,7-8,10-11H2,1H3,(H2,18,21). The fourth-order valence-corrected chi connectivity index (χ4v) is 2.98. The highest BCUT2D eigenvalue weighted by molar-refractivity contribution is 6.30. The molecular formula is C16H24ClN3O. The Balaban J connectivity index is 2.16. The Morgan fingerprint density at radius 1 is 1.52 bits per heavy atom. The van der Waals surface area contributed by atoms with Gasteiger partial charge in [0.25, 0.3) is 0 Å². The fraction of sp³-hybridized carbons (Fsp3) is 0.562. The molecule has 4 nitrogen and oxygen atoms in total. The molecule has 1 atom stereocenters. The lowest BCUT2D eigenvalue weighted by atomic mass is 9.96. The molecule has 3 N–H and O–H groups in total. The molecule has 1 aromatic rings. The van der Waals surface area contributed by atoms with Crippen LogP contribution >= 0.6 is 11.6 Å². The third kappa shape index (κ3) is 4.35. The SMILES string of the molecule is CCCNCc1ccc(Cl)cc1N1CCCC(C(N)=O)C1. The quantitative estimate of drug-likeness (QED) is 0.794. The van der Waals surface area contributed by atoms with Crippen molar-refractivity contribution in [3.63, 3.8) is 0 Å². The van der Waals surface area contributed by atoms with E-state index in [1.807, 2.05) is 12.1 Å². The van der Waals surface area contributed by atoms with Gasteiger partial charge in [-0.2, -0.15) is 0 Å². The molecule has 0 radical (unpaired) electrons. The van der Waals surface area contributed by atoms with Crippen LogP contribution in [0.1, 0.15) is 31.7 Å². The third-order valence-electron chi connectivity index (χ3n) is 3.95. The summed E-state index contributed by atoms with van der Waals surface area (Å²) in [5, 5.41) is 4.15. The van der Waals surface area contributed by atoms with Crippen LogP contribution in [0.15, 0.2) is 18.2 Å². The third-order valence-corrected chi connectivity index (χ3v) is 4.19. The summed E-state index contributed by atoms with van der Waals surface area (Å²) in [7, 11) is 0. The minimum absolute atomic E-state index is 0.0609. The summed E-state index contributed by atoms with van der Waals surface area (Å²) in [5.41, 5.74) is 7.81. The number of amides is 1. The number of primary amides is 1. The molecule has 0 saturated carbocycles. The molecule has 1 heterocycles. The molecule has 0 bridgehead atoms. The van der Waals surface area contributed by atoms with Crippen LogP contribution in [0.4, 0.5) is 5.69 Å². The molecule has 1 aliphatic rings. The number of nitrogens with one attached hydrogen (secondary N) is 1. The first kappa shape index (κ1) is 16.1. The normalized spacial score (nSPS) is 18.8. The summed E-state index contributed by atoms with van der Waals surface area (Å²) in [6, 6.07) is 5.98. The maximum Gasteiger partial charge on any atom is 0.222 e. The molecule has 1 fully saturated rings. The zero-order valence-electron chi connectivity index (χ0n) is 12.6. The van der Waals surface area contributed by atoms with E-state index in [2.05, 4.69) is 23.2 Å². The smallest absolute Gasteiger partial charge is 0.222 e. The van der Waals surface area contributed by atoms with Gasteiger partial charge in [0.15, 0.2) is 0 Å². The molecule has 0 aromatic heterocycles. The van der Waals surface area contributed by atoms with Gasteiger partial charge in [0.2, 0.25) is 5.91 Å². The van der Waals surface area contributed by atoms with E-state index < -0.39 is 0 Å². The number of hydrogen-bond acceptors (Lipinski definition) is 3.